The van der Waals surface area contributed by atoms with Crippen molar-refractivity contribution in [1.29, 1.82) is 0 Å². The van der Waals surface area contributed by atoms with E-state index in [2.05, 4.69) is 16.2 Å². The predicted octanol–water partition coefficient (Wildman–Crippen LogP) is -0.568. The molecule has 0 aliphatic carbocycles. The van der Waals surface area contributed by atoms with Gasteiger partial charge in [0.05, 0.1) is 6.10 Å². The van der Waals surface area contributed by atoms with Crippen LogP contribution in [-0.4, -0.2) is 41.0 Å². The van der Waals surface area contributed by atoms with Crippen molar-refractivity contribution < 1.29 is 14.6 Å². The Labute approximate surface area is 106 Å². The minimum absolute atomic E-state index is 0.180. The molecular weight excluding hydrogens is 242 g/mol. The molecule has 1 fully saturated rings. The quantitative estimate of drug-likeness (QED) is 0.402. The Balaban J connectivity index is 2.14. The third-order valence-electron chi connectivity index (χ3n) is 2.36. The minimum atomic E-state index is -1.43. The van der Waals surface area contributed by atoms with E-state index in [9.17, 15) is 9.90 Å². The molecular formula is C10H19N3O3S. The standard InChI is InChI=1S/C10H19N3O3S/c1-10(2,15)8(14)12-13-9(17)11-6-7-4-3-5-16-7/h7,15H,3-6H2,1-2H3,(H,12,14)(H2,11,13,17)/t7-/m0/s1. The normalized spacial score (nSPS) is 19.8. The van der Waals surface area contributed by atoms with Crippen LogP contribution >= 0.6 is 12.2 Å². The first-order valence-corrected chi connectivity index (χ1v) is 5.98. The molecule has 0 radical (unpaired) electrons. The van der Waals surface area contributed by atoms with E-state index in [-0.39, 0.29) is 6.10 Å². The van der Waals surface area contributed by atoms with Gasteiger partial charge in [-0.1, -0.05) is 0 Å². The molecule has 17 heavy (non-hydrogen) atoms. The Morgan fingerprint density at radius 1 is 1.53 bits per heavy atom. The number of carbonyl (C=O) groups excluding carboxylic acids is 1. The van der Waals surface area contributed by atoms with Crippen LogP contribution in [0.5, 0.6) is 0 Å². The molecule has 0 bridgehead atoms. The second-order valence-electron chi connectivity index (χ2n) is 4.48. The van der Waals surface area contributed by atoms with Crippen molar-refractivity contribution in [2.75, 3.05) is 13.2 Å². The Morgan fingerprint density at radius 2 is 2.24 bits per heavy atom. The van der Waals surface area contributed by atoms with Crippen LogP contribution in [0.25, 0.3) is 0 Å². The van der Waals surface area contributed by atoms with Gasteiger partial charge in [-0.2, -0.15) is 0 Å². The van der Waals surface area contributed by atoms with E-state index in [1.54, 1.807) is 0 Å². The molecule has 0 aromatic heterocycles. The molecule has 0 spiro atoms. The van der Waals surface area contributed by atoms with E-state index in [1.165, 1.54) is 13.8 Å². The van der Waals surface area contributed by atoms with Crippen molar-refractivity contribution in [1.82, 2.24) is 16.2 Å². The highest BCUT2D eigenvalue weighted by molar-refractivity contribution is 7.80. The summed E-state index contributed by atoms with van der Waals surface area (Å²) in [4.78, 5) is 11.3. The molecule has 7 heteroatoms. The zero-order valence-electron chi connectivity index (χ0n) is 10.1. The first kappa shape index (κ1) is 14.1. The maximum absolute atomic E-state index is 11.3. The molecule has 1 aliphatic rings. The predicted molar refractivity (Wildman–Crippen MR) is 67.2 cm³/mol. The molecule has 1 heterocycles. The summed E-state index contributed by atoms with van der Waals surface area (Å²) < 4.78 is 5.41. The number of hydrogen-bond donors (Lipinski definition) is 4. The first-order valence-electron chi connectivity index (χ1n) is 5.58. The van der Waals surface area contributed by atoms with Gasteiger partial charge in [0, 0.05) is 13.2 Å². The van der Waals surface area contributed by atoms with Crippen molar-refractivity contribution in [3.8, 4) is 0 Å². The zero-order chi connectivity index (χ0) is 12.9. The lowest BCUT2D eigenvalue weighted by atomic mass is 10.1. The highest BCUT2D eigenvalue weighted by atomic mass is 32.1. The van der Waals surface area contributed by atoms with Gasteiger partial charge in [-0.05, 0) is 38.9 Å². The van der Waals surface area contributed by atoms with E-state index in [4.69, 9.17) is 17.0 Å². The van der Waals surface area contributed by atoms with Gasteiger partial charge in [0.2, 0.25) is 0 Å². The van der Waals surface area contributed by atoms with Crippen molar-refractivity contribution in [2.45, 2.75) is 38.4 Å². The van der Waals surface area contributed by atoms with Crippen LogP contribution in [0.1, 0.15) is 26.7 Å². The first-order chi connectivity index (χ1) is 7.89. The molecule has 1 amide bonds. The molecule has 1 rings (SSSR count). The number of thiocarbonyl (C=S) groups is 1. The summed E-state index contributed by atoms with van der Waals surface area (Å²) in [6, 6.07) is 0. The van der Waals surface area contributed by atoms with Gasteiger partial charge < -0.3 is 15.2 Å². The van der Waals surface area contributed by atoms with E-state index in [0.29, 0.717) is 11.7 Å². The number of nitrogens with one attached hydrogen (secondary N) is 3. The van der Waals surface area contributed by atoms with Gasteiger partial charge in [0.1, 0.15) is 5.60 Å². The smallest absolute Gasteiger partial charge is 0.269 e. The van der Waals surface area contributed by atoms with Gasteiger partial charge in [-0.15, -0.1) is 0 Å². The molecule has 4 N–H and O–H groups in total. The van der Waals surface area contributed by atoms with E-state index in [1.807, 2.05) is 0 Å². The summed E-state index contributed by atoms with van der Waals surface area (Å²) in [6.07, 6.45) is 2.27. The molecule has 98 valence electrons. The fourth-order valence-corrected chi connectivity index (χ4v) is 1.46. The number of aliphatic hydroxyl groups is 1. The van der Waals surface area contributed by atoms with Crippen LogP contribution in [0.3, 0.4) is 0 Å². The maximum atomic E-state index is 11.3. The van der Waals surface area contributed by atoms with Gasteiger partial charge in [0.15, 0.2) is 5.11 Å². The molecule has 6 nitrogen and oxygen atoms in total. The molecule has 0 aromatic carbocycles. The van der Waals surface area contributed by atoms with Crippen molar-refractivity contribution in [2.24, 2.45) is 0 Å². The number of hydrazine groups is 1. The highest BCUT2D eigenvalue weighted by Crippen LogP contribution is 2.10. The minimum Gasteiger partial charge on any atom is -0.381 e. The van der Waals surface area contributed by atoms with Crippen LogP contribution in [0, 0.1) is 0 Å². The largest absolute Gasteiger partial charge is 0.381 e. The van der Waals surface area contributed by atoms with Crippen LogP contribution in [0.4, 0.5) is 0 Å². The fraction of sp³-hybridized carbons (Fsp3) is 0.800. The molecule has 0 aromatic rings. The Hall–Kier alpha value is -0.920. The van der Waals surface area contributed by atoms with Crippen LogP contribution < -0.4 is 16.2 Å². The Morgan fingerprint density at radius 3 is 2.76 bits per heavy atom. The SMILES string of the molecule is CC(C)(O)C(=O)NNC(=S)NC[C@@H]1CCCO1. The summed E-state index contributed by atoms with van der Waals surface area (Å²) in [5, 5.41) is 12.6. The van der Waals surface area contributed by atoms with Crippen LogP contribution in [0.2, 0.25) is 0 Å². The van der Waals surface area contributed by atoms with E-state index >= 15 is 0 Å². The van der Waals surface area contributed by atoms with Crippen molar-refractivity contribution in [3.63, 3.8) is 0 Å². The number of hydrogen-bond acceptors (Lipinski definition) is 4. The highest BCUT2D eigenvalue weighted by Gasteiger charge is 2.23. The van der Waals surface area contributed by atoms with Crippen molar-refractivity contribution in [3.05, 3.63) is 0 Å². The Kier molecular flexibility index (Phi) is 5.10. The molecule has 0 unspecified atom stereocenters. The monoisotopic (exact) mass is 261 g/mol. The summed E-state index contributed by atoms with van der Waals surface area (Å²) >= 11 is 4.96. The van der Waals surface area contributed by atoms with Gasteiger partial charge in [0.25, 0.3) is 5.91 Å². The van der Waals surface area contributed by atoms with E-state index < -0.39 is 11.5 Å². The average Bonchev–Trinajstić information content (AvgIpc) is 2.74. The number of rotatable bonds is 3. The summed E-state index contributed by atoms with van der Waals surface area (Å²) in [5.41, 5.74) is 3.40. The third-order valence-corrected chi connectivity index (χ3v) is 2.61. The molecule has 0 saturated carbocycles. The van der Waals surface area contributed by atoms with Gasteiger partial charge in [-0.3, -0.25) is 15.6 Å². The lowest BCUT2D eigenvalue weighted by Gasteiger charge is -2.19. The van der Waals surface area contributed by atoms with Crippen LogP contribution in [0.15, 0.2) is 0 Å². The van der Waals surface area contributed by atoms with Gasteiger partial charge in [-0.25, -0.2) is 0 Å². The second-order valence-corrected chi connectivity index (χ2v) is 4.89. The number of ether oxygens (including phenoxy) is 1. The topological polar surface area (TPSA) is 82.6 Å². The zero-order valence-corrected chi connectivity index (χ0v) is 10.9. The maximum Gasteiger partial charge on any atom is 0.269 e. The molecule has 1 atom stereocenters. The van der Waals surface area contributed by atoms with E-state index in [0.717, 1.165) is 19.4 Å². The van der Waals surface area contributed by atoms with Gasteiger partial charge >= 0.3 is 0 Å². The number of amides is 1. The Bertz CT molecular complexity index is 285. The lowest BCUT2D eigenvalue weighted by Crippen LogP contribution is -2.53. The summed E-state index contributed by atoms with van der Waals surface area (Å²) in [6.45, 7) is 4.20. The molecule has 1 aliphatic heterocycles. The second kappa shape index (κ2) is 6.13. The number of carbonyl (C=O) groups is 1. The lowest BCUT2D eigenvalue weighted by molar-refractivity contribution is -0.137. The molecule has 1 saturated heterocycles. The summed E-state index contributed by atoms with van der Waals surface area (Å²) in [5.74, 6) is -0.543. The average molecular weight is 261 g/mol. The summed E-state index contributed by atoms with van der Waals surface area (Å²) in [7, 11) is 0. The third kappa shape index (κ3) is 5.29. The van der Waals surface area contributed by atoms with Crippen LogP contribution in [-0.2, 0) is 9.53 Å². The van der Waals surface area contributed by atoms with Crippen molar-refractivity contribution >= 4 is 23.2 Å². The fourth-order valence-electron chi connectivity index (χ4n) is 1.32.